The second-order valence-electron chi connectivity index (χ2n) is 5.67. The van der Waals surface area contributed by atoms with Crippen LogP contribution in [0.25, 0.3) is 22.3 Å². The van der Waals surface area contributed by atoms with Gasteiger partial charge in [0.15, 0.2) is 0 Å². The van der Waals surface area contributed by atoms with Crippen molar-refractivity contribution in [2.75, 3.05) is 24.2 Å². The lowest BCUT2D eigenvalue weighted by molar-refractivity contribution is 1.22. The molecule has 3 rings (SSSR count). The summed E-state index contributed by atoms with van der Waals surface area (Å²) < 4.78 is 0. The first-order chi connectivity index (χ1) is 11.5. The van der Waals surface area contributed by atoms with Gasteiger partial charge in [-0.25, -0.2) is 0 Å². The number of anilines is 2. The Balaban J connectivity index is 1.82. The minimum Gasteiger partial charge on any atom is -0.758 e. The van der Waals surface area contributed by atoms with Crippen molar-refractivity contribution < 1.29 is 0 Å². The van der Waals surface area contributed by atoms with Crippen LogP contribution in [0.1, 0.15) is 0 Å². The molecule has 0 fully saturated rings. The van der Waals surface area contributed by atoms with Crippen molar-refractivity contribution in [2.45, 2.75) is 0 Å². The van der Waals surface area contributed by atoms with E-state index in [9.17, 15) is 10.4 Å². The molecule has 4 nitrogen and oxygen atoms in total. The minimum atomic E-state index is 0.638. The fourth-order valence-electron chi connectivity index (χ4n) is 2.58. The van der Waals surface area contributed by atoms with E-state index in [0.717, 1.165) is 32.4 Å². The molecule has 0 heterocycles. The SMILES string of the molecule is CN([O-])c1ccc(-c2ccc(-c3ccc(N(C)[O-])cc3)cc2)cc1. The summed E-state index contributed by atoms with van der Waals surface area (Å²) in [6.07, 6.45) is 0. The van der Waals surface area contributed by atoms with Crippen LogP contribution >= 0.6 is 0 Å². The largest absolute Gasteiger partial charge is 0.758 e. The molecule has 0 aliphatic carbocycles. The van der Waals surface area contributed by atoms with Gasteiger partial charge in [-0.3, -0.25) is 0 Å². The summed E-state index contributed by atoms with van der Waals surface area (Å²) in [5.41, 5.74) is 5.59. The number of rotatable bonds is 4. The van der Waals surface area contributed by atoms with E-state index in [1.54, 1.807) is 0 Å². The molecule has 0 amide bonds. The Labute approximate surface area is 141 Å². The van der Waals surface area contributed by atoms with Crippen LogP contribution < -0.4 is 10.1 Å². The van der Waals surface area contributed by atoms with E-state index in [4.69, 9.17) is 0 Å². The van der Waals surface area contributed by atoms with Gasteiger partial charge in [-0.1, -0.05) is 48.5 Å². The molecule has 0 spiro atoms. The van der Waals surface area contributed by atoms with Gasteiger partial charge in [-0.15, -0.1) is 0 Å². The molecule has 0 unspecified atom stereocenters. The van der Waals surface area contributed by atoms with Crippen LogP contribution in [-0.4, -0.2) is 14.1 Å². The maximum Gasteiger partial charge on any atom is 0.0257 e. The molecule has 0 saturated carbocycles. The zero-order valence-corrected chi connectivity index (χ0v) is 13.6. The molecule has 0 aliphatic heterocycles. The summed E-state index contributed by atoms with van der Waals surface area (Å²) in [6, 6.07) is 23.2. The molecule has 0 bridgehead atoms. The van der Waals surface area contributed by atoms with Crippen LogP contribution in [0, 0.1) is 10.4 Å². The van der Waals surface area contributed by atoms with E-state index in [-0.39, 0.29) is 0 Å². The third kappa shape index (κ3) is 3.40. The molecule has 0 atom stereocenters. The van der Waals surface area contributed by atoms with Gasteiger partial charge in [0.25, 0.3) is 0 Å². The molecule has 4 heteroatoms. The van der Waals surface area contributed by atoms with E-state index >= 15 is 0 Å². The molecule has 122 valence electrons. The second-order valence-corrected chi connectivity index (χ2v) is 5.67. The number of benzene rings is 3. The maximum atomic E-state index is 11.3. The number of hydrogen-bond acceptors (Lipinski definition) is 4. The predicted octanol–water partition coefficient (Wildman–Crippen LogP) is 4.89. The third-order valence-electron chi connectivity index (χ3n) is 4.01. The lowest BCUT2D eigenvalue weighted by Crippen LogP contribution is -2.05. The van der Waals surface area contributed by atoms with E-state index in [0.29, 0.717) is 11.4 Å². The smallest absolute Gasteiger partial charge is 0.0257 e. The Morgan fingerprint density at radius 2 is 0.667 bits per heavy atom. The van der Waals surface area contributed by atoms with Crippen molar-refractivity contribution >= 4 is 11.4 Å². The second kappa shape index (κ2) is 6.74. The summed E-state index contributed by atoms with van der Waals surface area (Å²) >= 11 is 0. The van der Waals surface area contributed by atoms with Gasteiger partial charge in [0.05, 0.1) is 0 Å². The van der Waals surface area contributed by atoms with Gasteiger partial charge < -0.3 is 20.5 Å². The molecule has 3 aromatic carbocycles. The minimum absolute atomic E-state index is 0.638. The highest BCUT2D eigenvalue weighted by Crippen LogP contribution is 2.27. The van der Waals surface area contributed by atoms with Gasteiger partial charge in [0, 0.05) is 11.4 Å². The van der Waals surface area contributed by atoms with Gasteiger partial charge in [-0.05, 0) is 60.6 Å². The summed E-state index contributed by atoms with van der Waals surface area (Å²) in [5.74, 6) is 0. The van der Waals surface area contributed by atoms with Gasteiger partial charge >= 0.3 is 0 Å². The molecule has 0 aliphatic rings. The quantitative estimate of drug-likeness (QED) is 0.643. The lowest BCUT2D eigenvalue weighted by Gasteiger charge is -2.24. The van der Waals surface area contributed by atoms with Crippen molar-refractivity contribution in [3.05, 3.63) is 83.2 Å². The molecule has 3 aromatic rings. The maximum absolute atomic E-state index is 11.3. The van der Waals surface area contributed by atoms with Crippen molar-refractivity contribution in [2.24, 2.45) is 0 Å². The Morgan fingerprint density at radius 3 is 0.875 bits per heavy atom. The monoisotopic (exact) mass is 318 g/mol. The van der Waals surface area contributed by atoms with Crippen LogP contribution in [0.5, 0.6) is 0 Å². The fourth-order valence-corrected chi connectivity index (χ4v) is 2.58. The first-order valence-electron chi connectivity index (χ1n) is 7.67. The molecule has 0 N–H and O–H groups in total. The van der Waals surface area contributed by atoms with Crippen molar-refractivity contribution in [3.63, 3.8) is 0 Å². The average molecular weight is 318 g/mol. The molecule has 0 saturated heterocycles. The van der Waals surface area contributed by atoms with E-state index in [1.165, 1.54) is 14.1 Å². The Morgan fingerprint density at radius 1 is 0.458 bits per heavy atom. The number of hydrogen-bond donors (Lipinski definition) is 0. The molecule has 0 radical (unpaired) electrons. The highest BCUT2D eigenvalue weighted by atomic mass is 16.5. The fraction of sp³-hybridized carbons (Fsp3) is 0.100. The summed E-state index contributed by atoms with van der Waals surface area (Å²) in [4.78, 5) is 0. The van der Waals surface area contributed by atoms with Crippen molar-refractivity contribution in [1.82, 2.24) is 0 Å². The summed E-state index contributed by atoms with van der Waals surface area (Å²) in [6.45, 7) is 0. The lowest BCUT2D eigenvalue weighted by atomic mass is 10.00. The van der Waals surface area contributed by atoms with E-state index in [2.05, 4.69) is 24.3 Å². The van der Waals surface area contributed by atoms with Gasteiger partial charge in [0.1, 0.15) is 0 Å². The average Bonchev–Trinajstić information content (AvgIpc) is 2.62. The first kappa shape index (κ1) is 16.1. The van der Waals surface area contributed by atoms with Crippen LogP contribution in [-0.2, 0) is 0 Å². The zero-order valence-electron chi connectivity index (χ0n) is 13.6. The highest BCUT2D eigenvalue weighted by Gasteiger charge is 2.01. The Kier molecular flexibility index (Phi) is 4.51. The third-order valence-corrected chi connectivity index (χ3v) is 4.01. The van der Waals surface area contributed by atoms with Crippen LogP contribution in [0.15, 0.2) is 72.8 Å². The normalized spacial score (nSPS) is 10.5. The standard InChI is InChI=1S/C20H18N2O2/c1-21(23)19-11-7-17(8-12-19)15-3-5-16(6-4-15)18-9-13-20(14-10-18)22(2)24/h3-14H,1-2H3/q-2. The van der Waals surface area contributed by atoms with Crippen LogP contribution in [0.4, 0.5) is 11.4 Å². The van der Waals surface area contributed by atoms with Crippen molar-refractivity contribution in [1.29, 1.82) is 0 Å². The van der Waals surface area contributed by atoms with Gasteiger partial charge in [0.2, 0.25) is 0 Å². The summed E-state index contributed by atoms with van der Waals surface area (Å²) in [5, 5.41) is 24.2. The summed E-state index contributed by atoms with van der Waals surface area (Å²) in [7, 11) is 2.97. The van der Waals surface area contributed by atoms with Crippen LogP contribution in [0.2, 0.25) is 0 Å². The first-order valence-corrected chi connectivity index (χ1v) is 7.67. The number of hydroxylamine groups is 2. The molecule has 24 heavy (non-hydrogen) atoms. The van der Waals surface area contributed by atoms with E-state index < -0.39 is 0 Å². The number of nitrogens with zero attached hydrogens (tertiary/aromatic N) is 2. The van der Waals surface area contributed by atoms with E-state index in [1.807, 2.05) is 48.5 Å². The molecule has 0 aromatic heterocycles. The topological polar surface area (TPSA) is 52.6 Å². The predicted molar refractivity (Wildman–Crippen MR) is 101 cm³/mol. The Bertz CT molecular complexity index is 722. The van der Waals surface area contributed by atoms with Gasteiger partial charge in [-0.2, -0.15) is 0 Å². The van der Waals surface area contributed by atoms with Crippen molar-refractivity contribution in [3.8, 4) is 22.3 Å². The molecular formula is C20H18N2O2-2. The zero-order chi connectivity index (χ0) is 17.1. The highest BCUT2D eigenvalue weighted by molar-refractivity contribution is 5.72. The Hall–Kier alpha value is -2.82. The molecular weight excluding hydrogens is 300 g/mol. The van der Waals surface area contributed by atoms with Crippen LogP contribution in [0.3, 0.4) is 0 Å².